The first-order valence-corrected chi connectivity index (χ1v) is 5.84. The molecular formula is C11H21N3O2. The van der Waals surface area contributed by atoms with Crippen molar-refractivity contribution >= 4 is 11.8 Å². The Hall–Kier alpha value is -1.10. The molecule has 1 rings (SSSR count). The molecule has 0 aromatic carbocycles. The van der Waals surface area contributed by atoms with Crippen LogP contribution in [0.3, 0.4) is 0 Å². The van der Waals surface area contributed by atoms with Crippen LogP contribution < -0.4 is 11.1 Å². The molecule has 0 spiro atoms. The lowest BCUT2D eigenvalue weighted by Crippen LogP contribution is -2.42. The van der Waals surface area contributed by atoms with Crippen LogP contribution in [0.15, 0.2) is 0 Å². The molecule has 0 aromatic rings. The maximum absolute atomic E-state index is 11.6. The fraction of sp³-hybridized carbons (Fsp3) is 0.818. The smallest absolute Gasteiger partial charge is 0.244 e. The topological polar surface area (TPSA) is 75.4 Å². The molecule has 1 heterocycles. The van der Waals surface area contributed by atoms with Crippen LogP contribution >= 0.6 is 0 Å². The minimum absolute atomic E-state index is 0.00240. The van der Waals surface area contributed by atoms with Gasteiger partial charge in [0.2, 0.25) is 11.8 Å². The molecule has 0 aromatic heterocycles. The van der Waals surface area contributed by atoms with Gasteiger partial charge in [-0.15, -0.1) is 0 Å². The van der Waals surface area contributed by atoms with Gasteiger partial charge in [0.1, 0.15) is 6.04 Å². The summed E-state index contributed by atoms with van der Waals surface area (Å²) in [5.41, 5.74) is 5.77. The van der Waals surface area contributed by atoms with Gasteiger partial charge in [0.05, 0.1) is 0 Å². The van der Waals surface area contributed by atoms with Crippen LogP contribution in [0, 0.1) is 0 Å². The van der Waals surface area contributed by atoms with Crippen molar-refractivity contribution in [3.63, 3.8) is 0 Å². The molecule has 1 aliphatic heterocycles. The number of carbonyl (C=O) groups is 2. The summed E-state index contributed by atoms with van der Waals surface area (Å²) in [5, 5.41) is 2.74. The van der Waals surface area contributed by atoms with Gasteiger partial charge in [0.25, 0.3) is 0 Å². The molecule has 0 aliphatic carbocycles. The summed E-state index contributed by atoms with van der Waals surface area (Å²) in [7, 11) is 1.75. The van der Waals surface area contributed by atoms with Crippen molar-refractivity contribution < 1.29 is 9.59 Å². The van der Waals surface area contributed by atoms with Crippen molar-refractivity contribution in [2.75, 3.05) is 13.6 Å². The van der Waals surface area contributed by atoms with Crippen molar-refractivity contribution in [3.8, 4) is 0 Å². The third-order valence-corrected chi connectivity index (χ3v) is 2.87. The number of hydrogen-bond acceptors (Lipinski definition) is 3. The number of carbonyl (C=O) groups excluding carboxylic acids is 2. The number of nitrogens with one attached hydrogen (secondary N) is 1. The summed E-state index contributed by atoms with van der Waals surface area (Å²) < 4.78 is 0. The molecule has 5 heteroatoms. The van der Waals surface area contributed by atoms with E-state index in [1.165, 1.54) is 0 Å². The Balaban J connectivity index is 2.32. The quantitative estimate of drug-likeness (QED) is 0.686. The van der Waals surface area contributed by atoms with E-state index in [2.05, 4.69) is 5.32 Å². The van der Waals surface area contributed by atoms with Gasteiger partial charge >= 0.3 is 0 Å². The lowest BCUT2D eigenvalue weighted by Gasteiger charge is -2.14. The number of nitrogens with zero attached hydrogens (tertiary/aromatic N) is 1. The number of likely N-dealkylation sites (N-methyl/N-ethyl adjacent to an activating group) is 1. The highest BCUT2D eigenvalue weighted by atomic mass is 16.2. The number of nitrogens with two attached hydrogens (primary N) is 1. The first-order valence-electron chi connectivity index (χ1n) is 5.84. The molecule has 0 saturated carbocycles. The molecule has 0 radical (unpaired) electrons. The first-order chi connectivity index (χ1) is 7.54. The van der Waals surface area contributed by atoms with E-state index in [0.717, 1.165) is 12.8 Å². The van der Waals surface area contributed by atoms with Gasteiger partial charge in [0, 0.05) is 26.1 Å². The number of hydrogen-bond donors (Lipinski definition) is 2. The van der Waals surface area contributed by atoms with Crippen LogP contribution in [0.2, 0.25) is 0 Å². The summed E-state index contributed by atoms with van der Waals surface area (Å²) >= 11 is 0. The van der Waals surface area contributed by atoms with Crippen LogP contribution in [0.25, 0.3) is 0 Å². The van der Waals surface area contributed by atoms with Gasteiger partial charge in [-0.3, -0.25) is 9.59 Å². The van der Waals surface area contributed by atoms with E-state index in [0.29, 0.717) is 19.4 Å². The first kappa shape index (κ1) is 13.0. The van der Waals surface area contributed by atoms with Crippen LogP contribution in [0.1, 0.15) is 32.6 Å². The van der Waals surface area contributed by atoms with Crippen molar-refractivity contribution in [1.82, 2.24) is 10.2 Å². The van der Waals surface area contributed by atoms with Gasteiger partial charge in [-0.2, -0.15) is 0 Å². The van der Waals surface area contributed by atoms with Crippen molar-refractivity contribution in [1.29, 1.82) is 0 Å². The lowest BCUT2D eigenvalue weighted by molar-refractivity contribution is -0.131. The molecule has 1 saturated heterocycles. The molecule has 3 N–H and O–H groups in total. The molecule has 2 unspecified atom stereocenters. The van der Waals surface area contributed by atoms with Crippen molar-refractivity contribution in [2.24, 2.45) is 5.73 Å². The standard InChI is InChI=1S/C11H21N3O2/c1-3-4-8(12)7-10(15)13-9-5-6-14(2)11(9)16/h8-9H,3-7,12H2,1-2H3,(H,13,15). The number of amides is 2. The maximum atomic E-state index is 11.6. The Kier molecular flexibility index (Phi) is 4.73. The van der Waals surface area contributed by atoms with E-state index >= 15 is 0 Å². The van der Waals surface area contributed by atoms with Crippen molar-refractivity contribution in [2.45, 2.75) is 44.7 Å². The number of rotatable bonds is 5. The monoisotopic (exact) mass is 227 g/mol. The zero-order chi connectivity index (χ0) is 12.1. The van der Waals surface area contributed by atoms with E-state index in [1.807, 2.05) is 6.92 Å². The van der Waals surface area contributed by atoms with E-state index in [9.17, 15) is 9.59 Å². The molecule has 2 amide bonds. The third kappa shape index (κ3) is 3.48. The summed E-state index contributed by atoms with van der Waals surface area (Å²) in [6, 6.07) is -0.439. The van der Waals surface area contributed by atoms with Crippen LogP contribution in [0.5, 0.6) is 0 Å². The van der Waals surface area contributed by atoms with Gasteiger partial charge in [0.15, 0.2) is 0 Å². The molecular weight excluding hydrogens is 206 g/mol. The highest BCUT2D eigenvalue weighted by Gasteiger charge is 2.30. The second kappa shape index (κ2) is 5.84. The SMILES string of the molecule is CCCC(N)CC(=O)NC1CCN(C)C1=O. The zero-order valence-corrected chi connectivity index (χ0v) is 10.0. The molecule has 1 fully saturated rings. The molecule has 1 aliphatic rings. The summed E-state index contributed by atoms with van der Waals surface area (Å²) in [6.45, 7) is 2.75. The molecule has 92 valence electrons. The molecule has 0 bridgehead atoms. The predicted octanol–water partition coefficient (Wildman–Crippen LogP) is -0.149. The molecule has 16 heavy (non-hydrogen) atoms. The fourth-order valence-corrected chi connectivity index (χ4v) is 1.92. The zero-order valence-electron chi connectivity index (χ0n) is 10.0. The Labute approximate surface area is 96.4 Å². The van der Waals surface area contributed by atoms with E-state index in [-0.39, 0.29) is 23.9 Å². The van der Waals surface area contributed by atoms with E-state index < -0.39 is 0 Å². The van der Waals surface area contributed by atoms with Gasteiger partial charge in [-0.25, -0.2) is 0 Å². The maximum Gasteiger partial charge on any atom is 0.244 e. The Morgan fingerprint density at radius 2 is 2.38 bits per heavy atom. The summed E-state index contributed by atoms with van der Waals surface area (Å²) in [5.74, 6) is -0.119. The number of likely N-dealkylation sites (tertiary alicyclic amines) is 1. The third-order valence-electron chi connectivity index (χ3n) is 2.87. The average molecular weight is 227 g/mol. The highest BCUT2D eigenvalue weighted by Crippen LogP contribution is 2.09. The normalized spacial score (nSPS) is 22.3. The predicted molar refractivity (Wildman–Crippen MR) is 61.7 cm³/mol. The van der Waals surface area contributed by atoms with Gasteiger partial charge < -0.3 is 16.0 Å². The minimum Gasteiger partial charge on any atom is -0.344 e. The Morgan fingerprint density at radius 1 is 1.69 bits per heavy atom. The van der Waals surface area contributed by atoms with Gasteiger partial charge in [-0.05, 0) is 12.8 Å². The molecule has 5 nitrogen and oxygen atoms in total. The Bertz CT molecular complexity index is 268. The summed E-state index contributed by atoms with van der Waals surface area (Å²) in [6.07, 6.45) is 2.82. The largest absolute Gasteiger partial charge is 0.344 e. The Morgan fingerprint density at radius 3 is 2.88 bits per heavy atom. The van der Waals surface area contributed by atoms with E-state index in [1.54, 1.807) is 11.9 Å². The lowest BCUT2D eigenvalue weighted by atomic mass is 10.1. The fourth-order valence-electron chi connectivity index (χ4n) is 1.92. The average Bonchev–Trinajstić information content (AvgIpc) is 2.50. The second-order valence-electron chi connectivity index (χ2n) is 4.42. The van der Waals surface area contributed by atoms with Gasteiger partial charge in [-0.1, -0.05) is 13.3 Å². The van der Waals surface area contributed by atoms with Crippen LogP contribution in [-0.4, -0.2) is 42.4 Å². The highest BCUT2D eigenvalue weighted by molar-refractivity contribution is 5.89. The minimum atomic E-state index is -0.341. The summed E-state index contributed by atoms with van der Waals surface area (Å²) in [4.78, 5) is 24.7. The second-order valence-corrected chi connectivity index (χ2v) is 4.42. The van der Waals surface area contributed by atoms with Crippen LogP contribution in [-0.2, 0) is 9.59 Å². The van der Waals surface area contributed by atoms with Crippen LogP contribution in [0.4, 0.5) is 0 Å². The van der Waals surface area contributed by atoms with E-state index in [4.69, 9.17) is 5.73 Å². The molecule has 2 atom stereocenters. The van der Waals surface area contributed by atoms with Crippen molar-refractivity contribution in [3.05, 3.63) is 0 Å².